The first-order chi connectivity index (χ1) is 10.2. The fourth-order valence-electron chi connectivity index (χ4n) is 5.44. The molecule has 0 aliphatic heterocycles. The zero-order valence-electron chi connectivity index (χ0n) is 13.7. The highest BCUT2D eigenvalue weighted by Crippen LogP contribution is 2.70. The highest BCUT2D eigenvalue weighted by atomic mass is 16.6. The van der Waals surface area contributed by atoms with Crippen molar-refractivity contribution < 1.29 is 19.4 Å². The first-order valence-electron chi connectivity index (χ1n) is 8.40. The summed E-state index contributed by atoms with van der Waals surface area (Å²) in [7, 11) is 0. The highest BCUT2D eigenvalue weighted by Gasteiger charge is 2.66. The summed E-state index contributed by atoms with van der Waals surface area (Å²) in [5.41, 5.74) is -0.781. The number of amides is 1. The molecule has 3 rings (SSSR count). The molecule has 0 unspecified atom stereocenters. The molecule has 1 amide bonds. The van der Waals surface area contributed by atoms with Gasteiger partial charge in [0.1, 0.15) is 5.60 Å². The van der Waals surface area contributed by atoms with Crippen molar-refractivity contribution in [2.24, 2.45) is 29.1 Å². The van der Waals surface area contributed by atoms with Crippen molar-refractivity contribution in [1.82, 2.24) is 5.32 Å². The van der Waals surface area contributed by atoms with E-state index in [9.17, 15) is 14.7 Å². The zero-order valence-corrected chi connectivity index (χ0v) is 13.7. The largest absolute Gasteiger partial charge is 0.481 e. The fourth-order valence-corrected chi connectivity index (χ4v) is 5.44. The summed E-state index contributed by atoms with van der Waals surface area (Å²) in [6.45, 7) is 5.93. The number of carbonyl (C=O) groups excluding carboxylic acids is 1. The van der Waals surface area contributed by atoms with Gasteiger partial charge in [-0.15, -0.1) is 0 Å². The number of nitrogens with one attached hydrogen (secondary N) is 1. The van der Waals surface area contributed by atoms with E-state index in [4.69, 9.17) is 4.74 Å². The minimum absolute atomic E-state index is 0.168. The monoisotopic (exact) mass is 309 g/mol. The number of rotatable bonds is 4. The van der Waals surface area contributed by atoms with E-state index in [-0.39, 0.29) is 11.8 Å². The molecule has 3 fully saturated rings. The predicted octanol–water partition coefficient (Wildman–Crippen LogP) is 3.04. The van der Waals surface area contributed by atoms with Crippen LogP contribution >= 0.6 is 0 Å². The summed E-state index contributed by atoms with van der Waals surface area (Å²) in [5.74, 6) is 1.65. The lowest BCUT2D eigenvalue weighted by Crippen LogP contribution is -2.60. The Labute approximate surface area is 131 Å². The molecule has 2 N–H and O–H groups in total. The van der Waals surface area contributed by atoms with E-state index in [1.807, 2.05) is 20.8 Å². The van der Waals surface area contributed by atoms with E-state index < -0.39 is 17.7 Å². The number of hydrogen-bond acceptors (Lipinski definition) is 3. The third kappa shape index (κ3) is 2.59. The van der Waals surface area contributed by atoms with Gasteiger partial charge in [0.25, 0.3) is 0 Å². The van der Waals surface area contributed by atoms with E-state index in [0.29, 0.717) is 24.3 Å². The summed E-state index contributed by atoms with van der Waals surface area (Å²) < 4.78 is 5.30. The number of hydrogen-bond donors (Lipinski definition) is 2. The van der Waals surface area contributed by atoms with Crippen LogP contribution in [0.2, 0.25) is 0 Å². The zero-order chi connectivity index (χ0) is 16.1. The maximum absolute atomic E-state index is 11.9. The van der Waals surface area contributed by atoms with Gasteiger partial charge in [-0.3, -0.25) is 4.79 Å². The predicted molar refractivity (Wildman–Crippen MR) is 81.4 cm³/mol. The van der Waals surface area contributed by atoms with E-state index in [1.54, 1.807) is 0 Å². The van der Waals surface area contributed by atoms with E-state index >= 15 is 0 Å². The molecule has 2 bridgehead atoms. The van der Waals surface area contributed by atoms with Gasteiger partial charge in [-0.2, -0.15) is 0 Å². The van der Waals surface area contributed by atoms with Crippen LogP contribution in [0, 0.1) is 29.1 Å². The molecule has 124 valence electrons. The lowest BCUT2D eigenvalue weighted by molar-refractivity contribution is -0.157. The topological polar surface area (TPSA) is 75.6 Å². The SMILES string of the molecule is CC(C)(C)OC(=O)NC[C@]1(CC(=O)O)[C@@H]2C[C@@H]3CC[C@H]1[C@H]2C3. The van der Waals surface area contributed by atoms with Crippen molar-refractivity contribution in [3.8, 4) is 0 Å². The molecule has 0 aromatic heterocycles. The van der Waals surface area contributed by atoms with Gasteiger partial charge in [0.2, 0.25) is 0 Å². The van der Waals surface area contributed by atoms with Crippen LogP contribution in [0.1, 0.15) is 52.9 Å². The summed E-state index contributed by atoms with van der Waals surface area (Å²) in [5, 5.41) is 12.2. The van der Waals surface area contributed by atoms with Crippen LogP contribution in [0.15, 0.2) is 0 Å². The maximum Gasteiger partial charge on any atom is 0.407 e. The molecule has 3 aliphatic carbocycles. The lowest BCUT2D eigenvalue weighted by atomic mass is 9.45. The van der Waals surface area contributed by atoms with Crippen LogP contribution in [-0.4, -0.2) is 29.3 Å². The van der Waals surface area contributed by atoms with Crippen molar-refractivity contribution in [3.63, 3.8) is 0 Å². The van der Waals surface area contributed by atoms with Crippen LogP contribution < -0.4 is 5.32 Å². The molecule has 0 radical (unpaired) electrons. The average Bonchev–Trinajstić information content (AvgIpc) is 2.56. The minimum Gasteiger partial charge on any atom is -0.481 e. The Morgan fingerprint density at radius 2 is 1.95 bits per heavy atom. The number of ether oxygens (including phenoxy) is 1. The van der Waals surface area contributed by atoms with Crippen LogP contribution in [0.5, 0.6) is 0 Å². The second kappa shape index (κ2) is 5.14. The number of alkyl carbamates (subject to hydrolysis) is 1. The molecular formula is C17H27NO4. The number of fused-ring (bicyclic) bond motifs is 1. The normalized spacial score (nSPS) is 39.0. The molecule has 0 aromatic carbocycles. The van der Waals surface area contributed by atoms with Crippen LogP contribution in [0.4, 0.5) is 4.79 Å². The molecule has 5 atom stereocenters. The number of aliphatic carboxylic acids is 1. The first kappa shape index (κ1) is 15.6. The number of carboxylic acid groups (broad SMARTS) is 1. The van der Waals surface area contributed by atoms with Crippen LogP contribution in [0.25, 0.3) is 0 Å². The fraction of sp³-hybridized carbons (Fsp3) is 0.882. The lowest BCUT2D eigenvalue weighted by Gasteiger charge is -2.59. The first-order valence-corrected chi connectivity index (χ1v) is 8.40. The van der Waals surface area contributed by atoms with Crippen LogP contribution in [-0.2, 0) is 9.53 Å². The number of carbonyl (C=O) groups is 2. The molecule has 3 aliphatic rings. The van der Waals surface area contributed by atoms with Gasteiger partial charge in [0, 0.05) is 12.0 Å². The number of carboxylic acids is 1. The van der Waals surface area contributed by atoms with E-state index in [1.165, 1.54) is 12.8 Å². The quantitative estimate of drug-likeness (QED) is 0.837. The summed E-state index contributed by atoms with van der Waals surface area (Å²) >= 11 is 0. The third-order valence-electron chi connectivity index (χ3n) is 6.03. The van der Waals surface area contributed by atoms with Crippen molar-refractivity contribution in [1.29, 1.82) is 0 Å². The molecule has 0 saturated heterocycles. The summed E-state index contributed by atoms with van der Waals surface area (Å²) in [6, 6.07) is 0. The van der Waals surface area contributed by atoms with Gasteiger partial charge >= 0.3 is 12.1 Å². The minimum atomic E-state index is -0.750. The second-order valence-corrected chi connectivity index (χ2v) is 8.45. The third-order valence-corrected chi connectivity index (χ3v) is 6.03. The van der Waals surface area contributed by atoms with Gasteiger partial charge in [-0.25, -0.2) is 4.79 Å². The smallest absolute Gasteiger partial charge is 0.407 e. The van der Waals surface area contributed by atoms with Crippen molar-refractivity contribution in [2.75, 3.05) is 6.54 Å². The molecule has 22 heavy (non-hydrogen) atoms. The molecule has 3 saturated carbocycles. The Morgan fingerprint density at radius 1 is 1.23 bits per heavy atom. The molecular weight excluding hydrogens is 282 g/mol. The van der Waals surface area contributed by atoms with Crippen molar-refractivity contribution >= 4 is 12.1 Å². The van der Waals surface area contributed by atoms with Crippen LogP contribution in [0.3, 0.4) is 0 Å². The van der Waals surface area contributed by atoms with Crippen molar-refractivity contribution in [3.05, 3.63) is 0 Å². The molecule has 0 heterocycles. The molecule has 0 spiro atoms. The molecule has 5 nitrogen and oxygen atoms in total. The molecule has 0 aromatic rings. The van der Waals surface area contributed by atoms with E-state index in [0.717, 1.165) is 18.8 Å². The standard InChI is InChI=1S/C17H27NO4/c1-16(2,3)22-15(21)18-9-17(8-14(19)20)12-5-4-10-6-11(12)13(17)7-10/h10-13H,4-9H2,1-3H3,(H,18,21)(H,19,20)/t10-,11-,12+,13-,17+/m1/s1. The summed E-state index contributed by atoms with van der Waals surface area (Å²) in [6.07, 6.45) is 4.49. The Kier molecular flexibility index (Phi) is 3.65. The Balaban J connectivity index is 1.69. The summed E-state index contributed by atoms with van der Waals surface area (Å²) in [4.78, 5) is 23.3. The van der Waals surface area contributed by atoms with Crippen molar-refractivity contribution in [2.45, 2.75) is 58.5 Å². The van der Waals surface area contributed by atoms with Gasteiger partial charge < -0.3 is 15.2 Å². The van der Waals surface area contributed by atoms with Gasteiger partial charge in [-0.05, 0) is 63.7 Å². The second-order valence-electron chi connectivity index (χ2n) is 8.45. The Bertz CT molecular complexity index is 476. The van der Waals surface area contributed by atoms with Gasteiger partial charge in [0.05, 0.1) is 6.42 Å². The Hall–Kier alpha value is -1.26. The van der Waals surface area contributed by atoms with Gasteiger partial charge in [0.15, 0.2) is 0 Å². The van der Waals surface area contributed by atoms with Gasteiger partial charge in [-0.1, -0.05) is 6.42 Å². The highest BCUT2D eigenvalue weighted by molar-refractivity contribution is 5.70. The molecule has 5 heteroatoms. The van der Waals surface area contributed by atoms with E-state index in [2.05, 4.69) is 5.32 Å². The Morgan fingerprint density at radius 3 is 2.59 bits per heavy atom. The average molecular weight is 309 g/mol. The maximum atomic E-state index is 11.9.